The van der Waals surface area contributed by atoms with Crippen LogP contribution in [0.1, 0.15) is 13.2 Å². The number of nitrogens with two attached hydrogens (primary N) is 1. The fourth-order valence-corrected chi connectivity index (χ4v) is 1.93. The van der Waals surface area contributed by atoms with E-state index in [1.54, 1.807) is 0 Å². The van der Waals surface area contributed by atoms with E-state index in [1.807, 2.05) is 0 Å². The molecule has 1 fully saturated rings. The Balaban J connectivity index is 0. The molecule has 2 rings (SSSR count). The highest BCUT2D eigenvalue weighted by Crippen LogP contribution is 2.30. The quantitative estimate of drug-likeness (QED) is 0.153. The van der Waals surface area contributed by atoms with Crippen LogP contribution < -0.4 is 11.4 Å². The Morgan fingerprint density at radius 1 is 0.939 bits per heavy atom. The van der Waals surface area contributed by atoms with Crippen molar-refractivity contribution in [2.75, 3.05) is 5.73 Å². The minimum absolute atomic E-state index is 0.0522. The van der Waals surface area contributed by atoms with Crippen LogP contribution in [-0.4, -0.2) is 93.3 Å². The van der Waals surface area contributed by atoms with Crippen LogP contribution >= 0.6 is 23.5 Å². The van der Waals surface area contributed by atoms with E-state index in [9.17, 15) is 20.1 Å². The van der Waals surface area contributed by atoms with Gasteiger partial charge in [-0.1, -0.05) is 0 Å². The highest BCUT2D eigenvalue weighted by atomic mass is 31.2. The second-order valence-electron chi connectivity index (χ2n) is 5.80. The number of ether oxygens (including phenoxy) is 1. The predicted octanol–water partition coefficient (Wildman–Crippen LogP) is -4.96. The minimum Gasteiger partial charge on any atom is -0.391 e. The van der Waals surface area contributed by atoms with Crippen molar-refractivity contribution in [1.29, 1.82) is 0 Å². The average Bonchev–Trinajstić information content (AvgIpc) is 2.79. The summed E-state index contributed by atoms with van der Waals surface area (Å²) in [4.78, 5) is 79.8. The Kier molecular flexibility index (Phi) is 14.1. The lowest BCUT2D eigenvalue weighted by molar-refractivity contribution is -0.0803. The Bertz CT molecular complexity index is 849. The summed E-state index contributed by atoms with van der Waals surface area (Å²) in [6.45, 7) is 1.42. The van der Waals surface area contributed by atoms with Gasteiger partial charge in [0, 0.05) is 6.20 Å². The van der Waals surface area contributed by atoms with Gasteiger partial charge in [-0.25, -0.2) is 18.5 Å². The molecule has 14 N–H and O–H groups in total. The van der Waals surface area contributed by atoms with Gasteiger partial charge in [0.25, 0.3) is 0 Å². The second kappa shape index (κ2) is 13.7. The topological polar surface area (TPSA) is 364 Å². The van der Waals surface area contributed by atoms with E-state index >= 15 is 0 Å². The van der Waals surface area contributed by atoms with E-state index < -0.39 is 59.8 Å². The Morgan fingerprint density at radius 2 is 1.30 bits per heavy atom. The zero-order valence-electron chi connectivity index (χ0n) is 16.3. The molecule has 0 amide bonds. The highest BCUT2D eigenvalue weighted by Gasteiger charge is 2.46. The fourth-order valence-electron chi connectivity index (χ4n) is 1.93. The first-order valence-electron chi connectivity index (χ1n) is 7.81. The molecule has 0 spiro atoms. The van der Waals surface area contributed by atoms with Crippen LogP contribution in [0.4, 0.5) is 5.82 Å². The summed E-state index contributed by atoms with van der Waals surface area (Å²) in [6.07, 6.45) is -4.32. The molecular formula is C10H24N3O17P3. The lowest BCUT2D eigenvalue weighted by Gasteiger charge is -2.17. The van der Waals surface area contributed by atoms with Gasteiger partial charge in [0.1, 0.15) is 24.1 Å². The standard InChI is InChI=1S/C10H15N3O5.3H3O4P/c1-4(14)8-6(15)7(16)9(18-8)13-3-2-5(11)12-10(13)17;3*1-5(2,3)4/h2-4,6-9,14-16H,1H3,(H2,11,12,17);3*(H3,1,2,3,4)/t4?,6-,7+,8+,9+;;;/m0.../s1. The van der Waals surface area contributed by atoms with Crippen LogP contribution in [0.25, 0.3) is 0 Å². The van der Waals surface area contributed by atoms with Crippen LogP contribution in [-0.2, 0) is 18.4 Å². The molecule has 0 aromatic carbocycles. The van der Waals surface area contributed by atoms with Gasteiger partial charge >= 0.3 is 29.2 Å². The van der Waals surface area contributed by atoms with E-state index in [0.29, 0.717) is 0 Å². The zero-order chi connectivity index (χ0) is 26.9. The zero-order valence-corrected chi connectivity index (χ0v) is 18.9. The molecule has 1 aromatic heterocycles. The number of aromatic nitrogens is 2. The maximum Gasteiger partial charge on any atom is 0.466 e. The molecule has 0 saturated carbocycles. The van der Waals surface area contributed by atoms with E-state index in [4.69, 9.17) is 68.2 Å². The van der Waals surface area contributed by atoms with Gasteiger partial charge in [-0.05, 0) is 13.0 Å². The van der Waals surface area contributed by atoms with Gasteiger partial charge in [0.05, 0.1) is 6.10 Å². The number of phosphoric acid groups is 3. The lowest BCUT2D eigenvalue weighted by Crippen LogP contribution is -2.38. The van der Waals surface area contributed by atoms with Crippen LogP contribution in [0, 0.1) is 0 Å². The molecule has 0 bridgehead atoms. The summed E-state index contributed by atoms with van der Waals surface area (Å²) < 4.78 is 33.0. The monoisotopic (exact) mass is 551 g/mol. The number of nitrogens with zero attached hydrogens (tertiary/aromatic N) is 2. The Morgan fingerprint density at radius 3 is 1.58 bits per heavy atom. The summed E-state index contributed by atoms with van der Waals surface area (Å²) in [5.74, 6) is 0.0522. The number of hydrogen-bond acceptors (Lipinski definition) is 10. The molecule has 20 nitrogen and oxygen atoms in total. The molecule has 23 heteroatoms. The largest absolute Gasteiger partial charge is 0.466 e. The molecule has 0 radical (unpaired) electrons. The molecular weight excluding hydrogens is 527 g/mol. The van der Waals surface area contributed by atoms with Crippen LogP contribution in [0.2, 0.25) is 0 Å². The summed E-state index contributed by atoms with van der Waals surface area (Å²) in [6, 6.07) is 1.37. The lowest BCUT2D eigenvalue weighted by atomic mass is 10.1. The van der Waals surface area contributed by atoms with Gasteiger partial charge in [0.2, 0.25) is 0 Å². The maximum atomic E-state index is 11.6. The van der Waals surface area contributed by atoms with Crippen molar-refractivity contribution in [3.05, 3.63) is 22.7 Å². The molecule has 33 heavy (non-hydrogen) atoms. The summed E-state index contributed by atoms with van der Waals surface area (Å²) in [5.41, 5.74) is 4.65. The van der Waals surface area contributed by atoms with Crippen molar-refractivity contribution < 1.29 is 77.8 Å². The van der Waals surface area contributed by atoms with E-state index in [-0.39, 0.29) is 5.82 Å². The highest BCUT2D eigenvalue weighted by molar-refractivity contribution is 7.45. The molecule has 5 atom stereocenters. The van der Waals surface area contributed by atoms with Crippen molar-refractivity contribution in [2.24, 2.45) is 0 Å². The third kappa shape index (κ3) is 20.0. The first-order chi connectivity index (χ1) is 14.4. The van der Waals surface area contributed by atoms with E-state index in [1.165, 1.54) is 19.2 Å². The summed E-state index contributed by atoms with van der Waals surface area (Å²) in [5, 5.41) is 28.9. The number of rotatable bonds is 2. The molecule has 1 aromatic rings. The molecule has 1 aliphatic rings. The fraction of sp³-hybridized carbons (Fsp3) is 0.600. The van der Waals surface area contributed by atoms with E-state index in [0.717, 1.165) is 4.57 Å². The number of hydrogen-bond donors (Lipinski definition) is 13. The maximum absolute atomic E-state index is 11.6. The summed E-state index contributed by atoms with van der Waals surface area (Å²) >= 11 is 0. The molecule has 2 heterocycles. The van der Waals surface area contributed by atoms with Crippen LogP contribution in [0.5, 0.6) is 0 Å². The van der Waals surface area contributed by atoms with Crippen molar-refractivity contribution in [1.82, 2.24) is 9.55 Å². The van der Waals surface area contributed by atoms with Crippen molar-refractivity contribution in [3.63, 3.8) is 0 Å². The number of aliphatic hydroxyl groups is 3. The van der Waals surface area contributed by atoms with Gasteiger partial charge in [-0.15, -0.1) is 0 Å². The van der Waals surface area contributed by atoms with Crippen molar-refractivity contribution in [2.45, 2.75) is 37.6 Å². The Labute approximate surface area is 183 Å². The second-order valence-corrected chi connectivity index (χ2v) is 8.87. The Hall–Kier alpha value is -1.15. The first-order valence-corrected chi connectivity index (χ1v) is 12.5. The van der Waals surface area contributed by atoms with Gasteiger partial charge < -0.3 is 69.8 Å². The van der Waals surface area contributed by atoms with Gasteiger partial charge in [-0.2, -0.15) is 4.98 Å². The summed E-state index contributed by atoms with van der Waals surface area (Å²) in [7, 11) is -13.9. The van der Waals surface area contributed by atoms with Crippen LogP contribution in [0.3, 0.4) is 0 Å². The van der Waals surface area contributed by atoms with Crippen molar-refractivity contribution >= 4 is 29.3 Å². The molecule has 1 aliphatic heterocycles. The molecule has 196 valence electrons. The van der Waals surface area contributed by atoms with Gasteiger partial charge in [0.15, 0.2) is 6.23 Å². The molecule has 1 saturated heterocycles. The SMILES string of the molecule is CC(O)[C@H]1O[C@@H](n2ccc(N)nc2=O)[C@H](O)[C@@H]1O.O=P(O)(O)O.O=P(O)(O)O.O=P(O)(O)O. The first kappa shape index (κ1) is 34.0. The minimum atomic E-state index is -4.64. The van der Waals surface area contributed by atoms with Crippen LogP contribution in [0.15, 0.2) is 17.1 Å². The molecule has 0 aliphatic carbocycles. The number of aliphatic hydroxyl groups excluding tert-OH is 3. The number of nitrogen functional groups attached to an aromatic ring is 1. The third-order valence-corrected chi connectivity index (χ3v) is 2.88. The smallest absolute Gasteiger partial charge is 0.391 e. The number of anilines is 1. The predicted molar refractivity (Wildman–Crippen MR) is 103 cm³/mol. The van der Waals surface area contributed by atoms with Crippen molar-refractivity contribution in [3.8, 4) is 0 Å². The average molecular weight is 551 g/mol. The van der Waals surface area contributed by atoms with E-state index in [2.05, 4.69) is 4.98 Å². The van der Waals surface area contributed by atoms with Gasteiger partial charge in [-0.3, -0.25) is 4.57 Å². The molecule has 1 unspecified atom stereocenters. The third-order valence-electron chi connectivity index (χ3n) is 2.88. The normalized spacial score (nSPS) is 23.7.